The van der Waals surface area contributed by atoms with Crippen LogP contribution in [0.1, 0.15) is 36.7 Å². The molecule has 2 aromatic rings. The van der Waals surface area contributed by atoms with Crippen LogP contribution in [-0.2, 0) is 4.79 Å². The second kappa shape index (κ2) is 8.21. The summed E-state index contributed by atoms with van der Waals surface area (Å²) >= 11 is 1.57. The lowest BCUT2D eigenvalue weighted by atomic mass is 10.1. The number of thioether (sulfide) groups is 1. The topological polar surface area (TPSA) is 58.2 Å². The highest BCUT2D eigenvalue weighted by molar-refractivity contribution is 8.01. The van der Waals surface area contributed by atoms with Crippen molar-refractivity contribution >= 4 is 35.0 Å². The Balaban J connectivity index is 2.09. The highest BCUT2D eigenvalue weighted by Gasteiger charge is 2.16. The zero-order valence-corrected chi connectivity index (χ0v) is 15.9. The molecular formula is C20H24N2O2S. The van der Waals surface area contributed by atoms with Crippen LogP contribution in [0.3, 0.4) is 0 Å². The summed E-state index contributed by atoms with van der Waals surface area (Å²) in [6.45, 7) is 8.16. The fraction of sp³-hybridized carbons (Fsp3) is 0.300. The Kier molecular flexibility index (Phi) is 6.26. The number of nitrogens with one attached hydrogen (secondary N) is 2. The highest BCUT2D eigenvalue weighted by atomic mass is 32.2. The van der Waals surface area contributed by atoms with Gasteiger partial charge in [-0.15, -0.1) is 11.8 Å². The van der Waals surface area contributed by atoms with Crippen molar-refractivity contribution in [2.24, 2.45) is 0 Å². The summed E-state index contributed by atoms with van der Waals surface area (Å²) in [7, 11) is 0. The van der Waals surface area contributed by atoms with Crippen LogP contribution in [-0.4, -0.2) is 22.3 Å². The first-order valence-corrected chi connectivity index (χ1v) is 9.14. The zero-order valence-electron chi connectivity index (χ0n) is 15.1. The average Bonchev–Trinajstić information content (AvgIpc) is 2.53. The van der Waals surface area contributed by atoms with Crippen LogP contribution in [0.4, 0.5) is 11.4 Å². The highest BCUT2D eigenvalue weighted by Crippen LogP contribution is 2.24. The van der Waals surface area contributed by atoms with Crippen molar-refractivity contribution in [3.8, 4) is 0 Å². The van der Waals surface area contributed by atoms with Gasteiger partial charge < -0.3 is 10.6 Å². The SMILES string of the molecule is Cc1cccc(NC(=O)c2ccccc2NC(=O)CSC(C)(C)C)c1. The fourth-order valence-corrected chi connectivity index (χ4v) is 2.82. The monoisotopic (exact) mass is 356 g/mol. The third kappa shape index (κ3) is 6.27. The maximum Gasteiger partial charge on any atom is 0.257 e. The van der Waals surface area contributed by atoms with Crippen LogP contribution in [0, 0.1) is 6.92 Å². The summed E-state index contributed by atoms with van der Waals surface area (Å²) in [4.78, 5) is 24.8. The van der Waals surface area contributed by atoms with E-state index < -0.39 is 0 Å². The largest absolute Gasteiger partial charge is 0.325 e. The van der Waals surface area contributed by atoms with Crippen molar-refractivity contribution < 1.29 is 9.59 Å². The van der Waals surface area contributed by atoms with Gasteiger partial charge in [0.2, 0.25) is 5.91 Å². The molecule has 0 aliphatic heterocycles. The van der Waals surface area contributed by atoms with Crippen molar-refractivity contribution in [1.82, 2.24) is 0 Å². The summed E-state index contributed by atoms with van der Waals surface area (Å²) in [6.07, 6.45) is 0. The van der Waals surface area contributed by atoms with E-state index in [9.17, 15) is 9.59 Å². The number of benzene rings is 2. The van der Waals surface area contributed by atoms with Gasteiger partial charge in [-0.25, -0.2) is 0 Å². The molecule has 0 unspecified atom stereocenters. The van der Waals surface area contributed by atoms with Crippen LogP contribution < -0.4 is 10.6 Å². The molecule has 0 radical (unpaired) electrons. The number of aryl methyl sites for hydroxylation is 1. The Morgan fingerprint density at radius 1 is 1.00 bits per heavy atom. The van der Waals surface area contributed by atoms with Gasteiger partial charge in [0.15, 0.2) is 0 Å². The van der Waals surface area contributed by atoms with E-state index in [1.807, 2.05) is 31.2 Å². The van der Waals surface area contributed by atoms with Crippen LogP contribution in [0.2, 0.25) is 0 Å². The van der Waals surface area contributed by atoms with Gasteiger partial charge in [0.05, 0.1) is 17.0 Å². The first-order valence-electron chi connectivity index (χ1n) is 8.15. The number of carbonyl (C=O) groups is 2. The van der Waals surface area contributed by atoms with Crippen molar-refractivity contribution in [3.63, 3.8) is 0 Å². The third-order valence-electron chi connectivity index (χ3n) is 3.36. The van der Waals surface area contributed by atoms with Gasteiger partial charge in [-0.1, -0.05) is 45.0 Å². The van der Waals surface area contributed by atoms with E-state index in [4.69, 9.17) is 0 Å². The lowest BCUT2D eigenvalue weighted by molar-refractivity contribution is -0.113. The molecule has 2 amide bonds. The maximum atomic E-state index is 12.6. The summed E-state index contributed by atoms with van der Waals surface area (Å²) < 4.78 is 0.0133. The van der Waals surface area contributed by atoms with E-state index >= 15 is 0 Å². The normalized spacial score (nSPS) is 11.0. The molecule has 2 rings (SSSR count). The molecule has 0 heterocycles. The first-order chi connectivity index (χ1) is 11.7. The number of carbonyl (C=O) groups excluding carboxylic acids is 2. The number of amides is 2. The zero-order chi connectivity index (χ0) is 18.4. The minimum atomic E-state index is -0.245. The summed E-state index contributed by atoms with van der Waals surface area (Å²) in [5, 5.41) is 5.71. The Hall–Kier alpha value is -2.27. The lowest BCUT2D eigenvalue weighted by Gasteiger charge is -2.17. The van der Waals surface area contributed by atoms with Crippen molar-refractivity contribution in [2.75, 3.05) is 16.4 Å². The van der Waals surface area contributed by atoms with Crippen molar-refractivity contribution in [2.45, 2.75) is 32.4 Å². The second-order valence-electron chi connectivity index (χ2n) is 6.82. The third-order valence-corrected chi connectivity index (χ3v) is 4.63. The van der Waals surface area contributed by atoms with Crippen molar-refractivity contribution in [1.29, 1.82) is 0 Å². The molecule has 0 bridgehead atoms. The second-order valence-corrected chi connectivity index (χ2v) is 8.62. The van der Waals surface area contributed by atoms with Gasteiger partial charge in [-0.05, 0) is 36.8 Å². The van der Waals surface area contributed by atoms with Gasteiger partial charge in [0, 0.05) is 10.4 Å². The van der Waals surface area contributed by atoms with Crippen LogP contribution in [0.5, 0.6) is 0 Å². The standard InChI is InChI=1S/C20H24N2O2S/c1-14-8-7-9-15(12-14)21-19(24)16-10-5-6-11-17(16)22-18(23)13-25-20(2,3)4/h5-12H,13H2,1-4H3,(H,21,24)(H,22,23). The predicted molar refractivity (Wildman–Crippen MR) is 106 cm³/mol. The molecule has 0 aliphatic carbocycles. The van der Waals surface area contributed by atoms with Gasteiger partial charge in [0.1, 0.15) is 0 Å². The van der Waals surface area contributed by atoms with Gasteiger partial charge in [-0.2, -0.15) is 0 Å². The molecule has 0 spiro atoms. The number of hydrogen-bond acceptors (Lipinski definition) is 3. The van der Waals surface area contributed by atoms with Crippen LogP contribution >= 0.6 is 11.8 Å². The Bertz CT molecular complexity index is 766. The van der Waals surface area contributed by atoms with E-state index in [1.165, 1.54) is 0 Å². The molecule has 0 fully saturated rings. The first kappa shape index (κ1) is 19.1. The van der Waals surface area contributed by atoms with Gasteiger partial charge in [0.25, 0.3) is 5.91 Å². The molecule has 0 aromatic heterocycles. The molecule has 0 atom stereocenters. The smallest absolute Gasteiger partial charge is 0.257 e. The maximum absolute atomic E-state index is 12.6. The fourth-order valence-electron chi connectivity index (χ4n) is 2.18. The van der Waals surface area contributed by atoms with Crippen LogP contribution in [0.15, 0.2) is 48.5 Å². The van der Waals surface area contributed by atoms with Crippen LogP contribution in [0.25, 0.3) is 0 Å². The minimum Gasteiger partial charge on any atom is -0.325 e. The molecule has 5 heteroatoms. The Labute approximate surface area is 153 Å². The number of hydrogen-bond donors (Lipinski definition) is 2. The summed E-state index contributed by atoms with van der Waals surface area (Å²) in [5.41, 5.74) is 2.76. The van der Waals surface area contributed by atoms with E-state index in [0.29, 0.717) is 17.0 Å². The number of para-hydroxylation sites is 1. The Morgan fingerprint density at radius 2 is 1.72 bits per heavy atom. The average molecular weight is 356 g/mol. The molecule has 0 saturated heterocycles. The number of rotatable bonds is 5. The molecule has 4 nitrogen and oxygen atoms in total. The lowest BCUT2D eigenvalue weighted by Crippen LogP contribution is -2.21. The van der Waals surface area contributed by atoms with Gasteiger partial charge in [-0.3, -0.25) is 9.59 Å². The molecule has 2 N–H and O–H groups in total. The van der Waals surface area contributed by atoms with E-state index in [0.717, 1.165) is 11.3 Å². The molecular weight excluding hydrogens is 332 g/mol. The minimum absolute atomic E-state index is 0.0133. The number of anilines is 2. The van der Waals surface area contributed by atoms with Gasteiger partial charge >= 0.3 is 0 Å². The summed E-state index contributed by atoms with van der Waals surface area (Å²) in [6, 6.07) is 14.6. The molecule has 25 heavy (non-hydrogen) atoms. The molecule has 0 aliphatic rings. The van der Waals surface area contributed by atoms with E-state index in [2.05, 4.69) is 31.4 Å². The predicted octanol–water partition coefficient (Wildman–Crippen LogP) is 4.72. The molecule has 0 saturated carbocycles. The van der Waals surface area contributed by atoms with Crippen molar-refractivity contribution in [3.05, 3.63) is 59.7 Å². The Morgan fingerprint density at radius 3 is 2.40 bits per heavy atom. The molecule has 132 valence electrons. The quantitative estimate of drug-likeness (QED) is 0.815. The molecule has 2 aromatic carbocycles. The summed E-state index contributed by atoms with van der Waals surface area (Å²) in [5.74, 6) is -0.0159. The van der Waals surface area contributed by atoms with E-state index in [-0.39, 0.29) is 16.6 Å². The van der Waals surface area contributed by atoms with E-state index in [1.54, 1.807) is 36.0 Å².